The Morgan fingerprint density at radius 1 is 1.24 bits per heavy atom. The predicted octanol–water partition coefficient (Wildman–Crippen LogP) is -0.0955. The van der Waals surface area contributed by atoms with Crippen LogP contribution in [0.5, 0.6) is 0 Å². The lowest BCUT2D eigenvalue weighted by Gasteiger charge is -2.22. The summed E-state index contributed by atoms with van der Waals surface area (Å²) in [6, 6.07) is -0.976. The molecule has 0 rings (SSSR count). The molecule has 0 heterocycles. The zero-order valence-electron chi connectivity index (χ0n) is 9.33. The van der Waals surface area contributed by atoms with Crippen LogP contribution in [-0.4, -0.2) is 32.1 Å². The fourth-order valence-corrected chi connectivity index (χ4v) is 2.69. The summed E-state index contributed by atoms with van der Waals surface area (Å²) in [5.41, 5.74) is 5.43. The van der Waals surface area contributed by atoms with Crippen LogP contribution in [0.15, 0.2) is 0 Å². The van der Waals surface area contributed by atoms with Crippen LogP contribution in [0.3, 0.4) is 0 Å². The molecule has 17 heavy (non-hydrogen) atoms. The highest BCUT2D eigenvalue weighted by Gasteiger charge is 2.36. The van der Waals surface area contributed by atoms with Crippen molar-refractivity contribution in [3.8, 4) is 0 Å². The van der Waals surface area contributed by atoms with Crippen molar-refractivity contribution in [2.45, 2.75) is 32.6 Å². The first-order valence-corrected chi connectivity index (χ1v) is 7.67. The molecule has 0 saturated carbocycles. The molecule has 104 valence electrons. The van der Waals surface area contributed by atoms with Crippen molar-refractivity contribution in [1.29, 1.82) is 0 Å². The van der Waals surface area contributed by atoms with Crippen molar-refractivity contribution >= 4 is 15.6 Å². The first kappa shape index (κ1) is 17.2. The van der Waals surface area contributed by atoms with Gasteiger partial charge in [0.15, 0.2) is 6.29 Å². The summed E-state index contributed by atoms with van der Waals surface area (Å²) in [7, 11) is -10.3. The molecule has 0 aromatic heterocycles. The van der Waals surface area contributed by atoms with E-state index in [0.29, 0.717) is 0 Å². The number of nitrogens with two attached hydrogens (primary N) is 1. The van der Waals surface area contributed by atoms with E-state index in [1.807, 2.05) is 0 Å². The van der Waals surface area contributed by atoms with Gasteiger partial charge in [-0.15, -0.1) is 0 Å². The Morgan fingerprint density at radius 2 is 1.71 bits per heavy atom. The minimum absolute atomic E-state index is 0.101. The van der Waals surface area contributed by atoms with E-state index in [-0.39, 0.29) is 12.3 Å². The van der Waals surface area contributed by atoms with Gasteiger partial charge < -0.3 is 25.5 Å². The maximum Gasteiger partial charge on any atom is 0.483 e. The molecule has 0 saturated heterocycles. The average Bonchev–Trinajstić information content (AvgIpc) is 1.95. The first-order valence-electron chi connectivity index (χ1n) is 4.64. The molecule has 3 atom stereocenters. The third-order valence-corrected chi connectivity index (χ3v) is 3.72. The third-order valence-electron chi connectivity index (χ3n) is 1.56. The molecule has 0 aliphatic heterocycles. The topological polar surface area (TPSA) is 160 Å². The summed E-state index contributed by atoms with van der Waals surface area (Å²) in [6.45, 7) is 3.61. The number of phosphoric ester groups is 1. The molecule has 0 spiro atoms. The molecule has 9 nitrogen and oxygen atoms in total. The van der Waals surface area contributed by atoms with Crippen molar-refractivity contribution in [2.24, 2.45) is 11.7 Å². The molecule has 0 radical (unpaired) electrons. The average molecular weight is 293 g/mol. The minimum Gasteiger partial charge on any atom is -0.366 e. The van der Waals surface area contributed by atoms with Crippen LogP contribution in [0.25, 0.3) is 0 Å². The second kappa shape index (κ2) is 6.38. The second-order valence-electron chi connectivity index (χ2n) is 3.83. The monoisotopic (exact) mass is 293 g/mol. The van der Waals surface area contributed by atoms with E-state index >= 15 is 0 Å². The summed E-state index contributed by atoms with van der Waals surface area (Å²) < 4.78 is 29.0. The van der Waals surface area contributed by atoms with Gasteiger partial charge in [-0.05, 0) is 12.3 Å². The summed E-state index contributed by atoms with van der Waals surface area (Å²) in [6.07, 6.45) is -1.57. The van der Waals surface area contributed by atoms with Crippen molar-refractivity contribution in [1.82, 2.24) is 0 Å². The van der Waals surface area contributed by atoms with Crippen molar-refractivity contribution < 1.29 is 37.8 Å². The molecular formula is C6H17NO8P2. The summed E-state index contributed by atoms with van der Waals surface area (Å²) in [4.78, 5) is 25.5. The van der Waals surface area contributed by atoms with Crippen molar-refractivity contribution in [3.63, 3.8) is 0 Å². The van der Waals surface area contributed by atoms with Crippen molar-refractivity contribution in [2.75, 3.05) is 0 Å². The molecule has 0 amide bonds. The van der Waals surface area contributed by atoms with Crippen LogP contribution in [0.1, 0.15) is 20.3 Å². The van der Waals surface area contributed by atoms with Crippen molar-refractivity contribution in [3.05, 3.63) is 0 Å². The van der Waals surface area contributed by atoms with Gasteiger partial charge >= 0.3 is 15.6 Å². The molecule has 0 aliphatic carbocycles. The Kier molecular flexibility index (Phi) is 6.44. The zero-order chi connectivity index (χ0) is 13.9. The van der Waals surface area contributed by atoms with E-state index in [1.54, 1.807) is 13.8 Å². The van der Waals surface area contributed by atoms with Gasteiger partial charge in [-0.1, -0.05) is 13.8 Å². The van der Waals surface area contributed by atoms with Crippen LogP contribution in [0, 0.1) is 5.92 Å². The number of aliphatic hydroxyl groups excluding tert-OH is 1. The van der Waals surface area contributed by atoms with Crippen LogP contribution in [-0.2, 0) is 18.0 Å². The zero-order valence-corrected chi connectivity index (χ0v) is 11.1. The number of rotatable bonds is 7. The molecule has 0 aromatic carbocycles. The molecule has 3 unspecified atom stereocenters. The van der Waals surface area contributed by atoms with Crippen LogP contribution in [0.4, 0.5) is 0 Å². The second-order valence-corrected chi connectivity index (χ2v) is 6.61. The lowest BCUT2D eigenvalue weighted by molar-refractivity contribution is -0.0564. The quantitative estimate of drug-likeness (QED) is 0.319. The number of hydrogen-bond acceptors (Lipinski definition) is 6. The Bertz CT molecular complexity index is 328. The number of hydrogen-bond donors (Lipinski definition) is 5. The maximum atomic E-state index is 11.0. The van der Waals surface area contributed by atoms with E-state index in [4.69, 9.17) is 20.4 Å². The van der Waals surface area contributed by atoms with E-state index < -0.39 is 28.0 Å². The highest BCUT2D eigenvalue weighted by atomic mass is 31.3. The van der Waals surface area contributed by atoms with Crippen LogP contribution >= 0.6 is 15.6 Å². The van der Waals surface area contributed by atoms with Gasteiger partial charge in [-0.3, -0.25) is 4.52 Å². The van der Waals surface area contributed by atoms with Gasteiger partial charge in [0.05, 0.1) is 6.04 Å². The molecule has 0 fully saturated rings. The number of aliphatic hydroxyl groups is 1. The Morgan fingerprint density at radius 3 is 2.06 bits per heavy atom. The van der Waals surface area contributed by atoms with Crippen LogP contribution < -0.4 is 5.73 Å². The largest absolute Gasteiger partial charge is 0.483 e. The lowest BCUT2D eigenvalue weighted by Crippen LogP contribution is -2.37. The molecule has 0 aliphatic rings. The third kappa shape index (κ3) is 8.84. The first-order chi connectivity index (χ1) is 7.43. The smallest absolute Gasteiger partial charge is 0.366 e. The molecule has 11 heteroatoms. The van der Waals surface area contributed by atoms with Gasteiger partial charge in [0.25, 0.3) is 0 Å². The Balaban J connectivity index is 4.41. The Hall–Kier alpha value is 0.180. The fourth-order valence-electron chi connectivity index (χ4n) is 1.03. The van der Waals surface area contributed by atoms with Gasteiger partial charge in [0.2, 0.25) is 0 Å². The van der Waals surface area contributed by atoms with Crippen LogP contribution in [0.2, 0.25) is 0 Å². The highest BCUT2D eigenvalue weighted by Crippen LogP contribution is 2.58. The fraction of sp³-hybridized carbons (Fsp3) is 1.00. The predicted molar refractivity (Wildman–Crippen MR) is 57.5 cm³/mol. The van der Waals surface area contributed by atoms with Gasteiger partial charge in [0, 0.05) is 0 Å². The standard InChI is InChI=1S/C6H17NO8P2/c1-4(2)3-5(7)6(8)14-17(12,13)15-16(9,10)11/h4-6,8H,3,7H2,1-2H3,(H,12,13)(H2,9,10,11). The summed E-state index contributed by atoms with van der Waals surface area (Å²) >= 11 is 0. The van der Waals surface area contributed by atoms with E-state index in [2.05, 4.69) is 8.83 Å². The van der Waals surface area contributed by atoms with E-state index in [0.717, 1.165) is 0 Å². The summed E-state index contributed by atoms with van der Waals surface area (Å²) in [5.74, 6) is 0.101. The summed E-state index contributed by atoms with van der Waals surface area (Å²) in [5, 5.41) is 9.29. The molecule has 0 aromatic rings. The molecule has 6 N–H and O–H groups in total. The molecule has 0 bridgehead atoms. The minimum atomic E-state index is -5.19. The normalized spacial score (nSPS) is 20.0. The number of phosphoric acid groups is 2. The van der Waals surface area contributed by atoms with E-state index in [9.17, 15) is 14.2 Å². The Labute approximate surface area is 98.4 Å². The molecular weight excluding hydrogens is 276 g/mol. The van der Waals surface area contributed by atoms with Gasteiger partial charge in [-0.2, -0.15) is 4.31 Å². The van der Waals surface area contributed by atoms with E-state index in [1.165, 1.54) is 0 Å². The highest BCUT2D eigenvalue weighted by molar-refractivity contribution is 7.60. The van der Waals surface area contributed by atoms with Gasteiger partial charge in [0.1, 0.15) is 0 Å². The lowest BCUT2D eigenvalue weighted by atomic mass is 10.0. The SMILES string of the molecule is CC(C)CC(N)C(O)OP(=O)(O)OP(=O)(O)O. The van der Waals surface area contributed by atoms with Gasteiger partial charge in [-0.25, -0.2) is 9.13 Å². The maximum absolute atomic E-state index is 11.0.